The first-order valence-electron chi connectivity index (χ1n) is 31.3. The molecule has 1 aromatic carbocycles. The summed E-state index contributed by atoms with van der Waals surface area (Å²) in [6.07, 6.45) is 52.1. The van der Waals surface area contributed by atoms with Crippen LogP contribution in [0, 0.1) is 11.8 Å². The van der Waals surface area contributed by atoms with Gasteiger partial charge in [-0.15, -0.1) is 0 Å². The summed E-state index contributed by atoms with van der Waals surface area (Å²) in [7, 11) is 0. The Bertz CT molecular complexity index is 1360. The van der Waals surface area contributed by atoms with Crippen molar-refractivity contribution in [2.24, 2.45) is 23.3 Å². The van der Waals surface area contributed by atoms with Crippen LogP contribution in [0.2, 0.25) is 0 Å². The van der Waals surface area contributed by atoms with Crippen molar-refractivity contribution in [3.05, 3.63) is 35.4 Å². The third-order valence-electron chi connectivity index (χ3n) is 15.0. The molecule has 1 rings (SSSR count). The zero-order valence-electron chi connectivity index (χ0n) is 48.4. The number of hydrogen-bond donors (Lipinski definition) is 2. The number of carbonyl (C=O) groups is 4. The number of imide groups is 2. The van der Waals surface area contributed by atoms with Gasteiger partial charge >= 0.3 is 0 Å². The van der Waals surface area contributed by atoms with Gasteiger partial charge in [-0.1, -0.05) is 298 Å². The SMILES string of the molecule is CCCCCCCCCCCCCCCCCCCCCCN(C(=O)c1ccccc1C(=O)N(CCCCCCCCCCCCCCCCCCCCCC)C(=O)[C@@H](N)CC(C)C)C(=O)[C@@H](N)CC(C)C. The average Bonchev–Trinajstić information content (AvgIpc) is 3.36. The summed E-state index contributed by atoms with van der Waals surface area (Å²) < 4.78 is 0. The quantitative estimate of drug-likeness (QED) is 0.0626. The first-order valence-corrected chi connectivity index (χ1v) is 31.3. The van der Waals surface area contributed by atoms with E-state index in [1.165, 1.54) is 215 Å². The molecule has 0 spiro atoms. The third kappa shape index (κ3) is 34.8. The van der Waals surface area contributed by atoms with Crippen LogP contribution in [0.1, 0.15) is 332 Å². The Morgan fingerprint density at radius 2 is 0.542 bits per heavy atom. The van der Waals surface area contributed by atoms with Crippen molar-refractivity contribution in [1.29, 1.82) is 0 Å². The minimum atomic E-state index is -0.826. The number of amides is 4. The number of rotatable bonds is 50. The van der Waals surface area contributed by atoms with Gasteiger partial charge in [0, 0.05) is 13.1 Å². The van der Waals surface area contributed by atoms with Crippen molar-refractivity contribution in [3.8, 4) is 0 Å². The van der Waals surface area contributed by atoms with Crippen molar-refractivity contribution in [2.75, 3.05) is 13.1 Å². The van der Waals surface area contributed by atoms with E-state index in [2.05, 4.69) is 13.8 Å². The molecule has 8 nitrogen and oxygen atoms in total. The maximum absolute atomic E-state index is 14.5. The summed E-state index contributed by atoms with van der Waals surface area (Å²) in [6, 6.07) is 5.00. The molecule has 0 aliphatic rings. The molecule has 418 valence electrons. The third-order valence-corrected chi connectivity index (χ3v) is 15.0. The Morgan fingerprint density at radius 3 is 0.736 bits per heavy atom. The molecular weight excluding hydrogens is 889 g/mol. The lowest BCUT2D eigenvalue weighted by molar-refractivity contribution is -0.131. The number of benzene rings is 1. The van der Waals surface area contributed by atoms with E-state index in [9.17, 15) is 19.2 Å². The van der Waals surface area contributed by atoms with E-state index in [4.69, 9.17) is 11.5 Å². The molecule has 8 heteroatoms. The normalized spacial score (nSPS) is 12.5. The lowest BCUT2D eigenvalue weighted by atomic mass is 10.00. The Balaban J connectivity index is 2.67. The van der Waals surface area contributed by atoms with Crippen LogP contribution in [0.15, 0.2) is 24.3 Å². The topological polar surface area (TPSA) is 127 Å². The maximum Gasteiger partial charge on any atom is 0.261 e. The molecule has 4 amide bonds. The second kappa shape index (κ2) is 46.9. The lowest BCUT2D eigenvalue weighted by Crippen LogP contribution is -2.49. The highest BCUT2D eigenvalue weighted by Crippen LogP contribution is 2.22. The molecular formula is C64H118N4O4. The zero-order valence-corrected chi connectivity index (χ0v) is 48.4. The van der Waals surface area contributed by atoms with Gasteiger partial charge in [0.05, 0.1) is 23.2 Å². The molecule has 4 N–H and O–H groups in total. The minimum absolute atomic E-state index is 0.125. The fourth-order valence-electron chi connectivity index (χ4n) is 10.4. The van der Waals surface area contributed by atoms with Gasteiger partial charge in [0.1, 0.15) is 0 Å². The van der Waals surface area contributed by atoms with Crippen LogP contribution < -0.4 is 11.5 Å². The molecule has 72 heavy (non-hydrogen) atoms. The standard InChI is InChI=1S/C64H118N4O4/c1-7-9-11-13-15-17-19-21-23-25-27-29-31-33-35-37-39-41-43-47-51-67(63(71)59(65)53-55(3)4)61(69)57-49-45-46-50-58(57)62(70)68(64(72)60(66)54-56(5)6)52-48-44-42-40-38-36-34-32-30-28-26-24-22-20-18-16-14-12-10-8-2/h45-46,49-50,55-56,59-60H,7-44,47-48,51-54,65-66H2,1-6H3/t59-,60-/m0/s1. The number of unbranched alkanes of at least 4 members (excludes halogenated alkanes) is 38. The highest BCUT2D eigenvalue weighted by molar-refractivity contribution is 6.15. The fourth-order valence-corrected chi connectivity index (χ4v) is 10.4. The smallest absolute Gasteiger partial charge is 0.261 e. The Kier molecular flexibility index (Phi) is 43.9. The van der Waals surface area contributed by atoms with Crippen molar-refractivity contribution >= 4 is 23.6 Å². The molecule has 0 saturated carbocycles. The second-order valence-corrected chi connectivity index (χ2v) is 23.0. The van der Waals surface area contributed by atoms with Crippen molar-refractivity contribution in [1.82, 2.24) is 9.80 Å². The van der Waals surface area contributed by atoms with Crippen molar-refractivity contribution < 1.29 is 19.2 Å². The summed E-state index contributed by atoms with van der Waals surface area (Å²) in [5.74, 6) is -1.52. The lowest BCUT2D eigenvalue weighted by Gasteiger charge is -2.28. The number of hydrogen-bond acceptors (Lipinski definition) is 6. The van der Waals surface area contributed by atoms with Gasteiger partial charge in [0.2, 0.25) is 11.8 Å². The fraction of sp³-hybridized carbons (Fsp3) is 0.844. The maximum atomic E-state index is 14.5. The molecule has 1 aromatic rings. The van der Waals surface area contributed by atoms with Gasteiger partial charge in [-0.3, -0.25) is 29.0 Å². The predicted molar refractivity (Wildman–Crippen MR) is 309 cm³/mol. The first kappa shape index (κ1) is 67.4. The van der Waals surface area contributed by atoms with Gasteiger partial charge < -0.3 is 11.5 Å². The molecule has 0 heterocycles. The van der Waals surface area contributed by atoms with Crippen LogP contribution in [0.5, 0.6) is 0 Å². The van der Waals surface area contributed by atoms with Crippen LogP contribution in [0.25, 0.3) is 0 Å². The van der Waals surface area contributed by atoms with E-state index >= 15 is 0 Å². The largest absolute Gasteiger partial charge is 0.320 e. The Hall–Kier alpha value is -2.58. The van der Waals surface area contributed by atoms with E-state index in [1.54, 1.807) is 24.3 Å². The van der Waals surface area contributed by atoms with E-state index in [1.807, 2.05) is 27.7 Å². The molecule has 0 saturated heterocycles. The van der Waals surface area contributed by atoms with Gasteiger partial charge in [0.25, 0.3) is 11.8 Å². The summed E-state index contributed by atoms with van der Waals surface area (Å²) in [5.41, 5.74) is 13.2. The number of nitrogens with zero attached hydrogens (tertiary/aromatic N) is 2. The molecule has 0 aromatic heterocycles. The molecule has 2 atom stereocenters. The van der Waals surface area contributed by atoms with E-state index in [0.717, 1.165) is 38.5 Å². The summed E-state index contributed by atoms with van der Waals surface area (Å²) >= 11 is 0. The van der Waals surface area contributed by atoms with Crippen LogP contribution in [-0.2, 0) is 9.59 Å². The van der Waals surface area contributed by atoms with Gasteiger partial charge in [0.15, 0.2) is 0 Å². The van der Waals surface area contributed by atoms with E-state index < -0.39 is 35.7 Å². The highest BCUT2D eigenvalue weighted by atomic mass is 16.2. The van der Waals surface area contributed by atoms with Gasteiger partial charge in [-0.25, -0.2) is 0 Å². The van der Waals surface area contributed by atoms with E-state index in [-0.39, 0.29) is 36.1 Å². The molecule has 0 unspecified atom stereocenters. The summed E-state index contributed by atoms with van der Waals surface area (Å²) in [4.78, 5) is 59.5. The molecule has 0 aliphatic heterocycles. The first-order chi connectivity index (χ1) is 35.0. The zero-order chi connectivity index (χ0) is 52.9. The second-order valence-electron chi connectivity index (χ2n) is 23.0. The van der Waals surface area contributed by atoms with Crippen molar-refractivity contribution in [3.63, 3.8) is 0 Å². The number of nitrogens with two attached hydrogens (primary N) is 2. The van der Waals surface area contributed by atoms with Crippen molar-refractivity contribution in [2.45, 2.75) is 323 Å². The van der Waals surface area contributed by atoms with Crippen LogP contribution in [0.3, 0.4) is 0 Å². The molecule has 0 fully saturated rings. The summed E-state index contributed by atoms with van der Waals surface area (Å²) in [6.45, 7) is 13.1. The van der Waals surface area contributed by atoms with Crippen LogP contribution in [0.4, 0.5) is 0 Å². The van der Waals surface area contributed by atoms with Gasteiger partial charge in [-0.05, 0) is 49.7 Å². The average molecular weight is 1010 g/mol. The van der Waals surface area contributed by atoms with Gasteiger partial charge in [-0.2, -0.15) is 0 Å². The monoisotopic (exact) mass is 1010 g/mol. The minimum Gasteiger partial charge on any atom is -0.320 e. The predicted octanol–water partition coefficient (Wildman–Crippen LogP) is 18.0. The molecule has 0 bridgehead atoms. The van der Waals surface area contributed by atoms with E-state index in [0.29, 0.717) is 25.7 Å². The van der Waals surface area contributed by atoms with Crippen LogP contribution >= 0.6 is 0 Å². The Labute approximate surface area is 445 Å². The number of carbonyl (C=O) groups excluding carboxylic acids is 4. The molecule has 0 aliphatic carbocycles. The Morgan fingerprint density at radius 1 is 0.347 bits per heavy atom. The highest BCUT2D eigenvalue weighted by Gasteiger charge is 2.33. The van der Waals surface area contributed by atoms with Crippen LogP contribution in [-0.4, -0.2) is 58.6 Å². The summed E-state index contributed by atoms with van der Waals surface area (Å²) in [5, 5.41) is 0. The molecule has 0 radical (unpaired) electrons.